The summed E-state index contributed by atoms with van der Waals surface area (Å²) in [4.78, 5) is 10.0. The van der Waals surface area contributed by atoms with Gasteiger partial charge in [-0.25, -0.2) is 9.97 Å². The second-order valence-electron chi connectivity index (χ2n) is 8.63. The number of anilines is 1. The fourth-order valence-corrected chi connectivity index (χ4v) is 3.75. The Hall–Kier alpha value is -2.40. The molecule has 0 bridgehead atoms. The van der Waals surface area contributed by atoms with Gasteiger partial charge in [0.1, 0.15) is 5.82 Å². The van der Waals surface area contributed by atoms with Crippen molar-refractivity contribution in [1.29, 1.82) is 0 Å². The molecule has 0 aromatic carbocycles. The van der Waals surface area contributed by atoms with Crippen molar-refractivity contribution in [2.75, 3.05) is 19.0 Å². The minimum Gasteiger partial charge on any atom is -0.383 e. The van der Waals surface area contributed by atoms with Crippen molar-refractivity contribution in [2.24, 2.45) is 0 Å². The van der Waals surface area contributed by atoms with Crippen LogP contribution in [-0.2, 0) is 4.74 Å². The summed E-state index contributed by atoms with van der Waals surface area (Å²) in [6, 6.07) is 7.08. The molecule has 1 atom stereocenters. The second kappa shape index (κ2) is 8.54. The lowest BCUT2D eigenvalue weighted by Crippen LogP contribution is -2.13. The summed E-state index contributed by atoms with van der Waals surface area (Å²) in [7, 11) is 1.74. The van der Waals surface area contributed by atoms with Crippen LogP contribution >= 0.6 is 0 Å². The summed E-state index contributed by atoms with van der Waals surface area (Å²) in [6.07, 6.45) is 2.18. The normalized spacial score (nSPS) is 12.9. The summed E-state index contributed by atoms with van der Waals surface area (Å²) in [6.45, 7) is 15.7. The Balaban J connectivity index is 2.17. The Morgan fingerprint density at radius 3 is 2.38 bits per heavy atom. The lowest BCUT2D eigenvalue weighted by Gasteiger charge is -2.18. The second-order valence-corrected chi connectivity index (χ2v) is 8.63. The van der Waals surface area contributed by atoms with E-state index in [0.29, 0.717) is 18.6 Å². The van der Waals surface area contributed by atoms with E-state index >= 15 is 0 Å². The molecule has 0 saturated carbocycles. The van der Waals surface area contributed by atoms with Crippen LogP contribution in [0.15, 0.2) is 24.4 Å². The topological polar surface area (TPSA) is 52.0 Å². The van der Waals surface area contributed by atoms with Gasteiger partial charge in [0.15, 0.2) is 0 Å². The number of hydrogen-bond acceptors (Lipinski definition) is 4. The van der Waals surface area contributed by atoms with E-state index in [9.17, 15) is 0 Å². The van der Waals surface area contributed by atoms with Crippen molar-refractivity contribution in [2.45, 2.75) is 66.5 Å². The van der Waals surface area contributed by atoms with E-state index in [-0.39, 0.29) is 6.04 Å². The lowest BCUT2D eigenvalue weighted by molar-refractivity contribution is 0.164. The monoisotopic (exact) mass is 394 g/mol. The summed E-state index contributed by atoms with van der Waals surface area (Å²) in [5.74, 6) is 1.29. The minimum absolute atomic E-state index is 0.258. The largest absolute Gasteiger partial charge is 0.383 e. The number of ether oxygens (including phenoxy) is 1. The Labute approximate surface area is 174 Å². The number of nitrogens with zero attached hydrogens (tertiary/aromatic N) is 3. The molecule has 3 aromatic rings. The van der Waals surface area contributed by atoms with Gasteiger partial charge in [0.2, 0.25) is 0 Å². The molecule has 5 nitrogen and oxygen atoms in total. The van der Waals surface area contributed by atoms with Gasteiger partial charge in [0.05, 0.1) is 29.4 Å². The van der Waals surface area contributed by atoms with E-state index in [2.05, 4.69) is 82.7 Å². The Bertz CT molecular complexity index is 1000. The van der Waals surface area contributed by atoms with Crippen LogP contribution in [0.5, 0.6) is 0 Å². The van der Waals surface area contributed by atoms with Crippen molar-refractivity contribution in [3.8, 4) is 11.3 Å². The van der Waals surface area contributed by atoms with Crippen LogP contribution in [0.25, 0.3) is 22.3 Å². The van der Waals surface area contributed by atoms with Crippen molar-refractivity contribution < 1.29 is 4.74 Å². The summed E-state index contributed by atoms with van der Waals surface area (Å²) >= 11 is 0. The highest BCUT2D eigenvalue weighted by molar-refractivity contribution is 5.86. The van der Waals surface area contributed by atoms with Crippen molar-refractivity contribution in [3.05, 3.63) is 41.2 Å². The van der Waals surface area contributed by atoms with E-state index in [4.69, 9.17) is 14.7 Å². The van der Waals surface area contributed by atoms with Crippen LogP contribution in [0.4, 0.5) is 5.82 Å². The lowest BCUT2D eigenvalue weighted by atomic mass is 10.0. The van der Waals surface area contributed by atoms with Gasteiger partial charge in [-0.05, 0) is 69.9 Å². The Kier molecular flexibility index (Phi) is 6.27. The highest BCUT2D eigenvalue weighted by atomic mass is 16.5. The van der Waals surface area contributed by atoms with Crippen molar-refractivity contribution >= 4 is 16.9 Å². The third-order valence-corrected chi connectivity index (χ3v) is 5.25. The fourth-order valence-electron chi connectivity index (χ4n) is 3.75. The molecule has 0 spiro atoms. The number of aryl methyl sites for hydroxylation is 2. The van der Waals surface area contributed by atoms with Gasteiger partial charge in [-0.2, -0.15) is 0 Å². The van der Waals surface area contributed by atoms with Gasteiger partial charge in [0, 0.05) is 30.6 Å². The molecule has 1 unspecified atom stereocenters. The molecule has 0 saturated heterocycles. The van der Waals surface area contributed by atoms with Crippen LogP contribution < -0.4 is 5.32 Å². The zero-order chi connectivity index (χ0) is 21.3. The molecular weight excluding hydrogens is 360 g/mol. The molecule has 0 fully saturated rings. The molecule has 0 amide bonds. The van der Waals surface area contributed by atoms with Gasteiger partial charge in [0.25, 0.3) is 0 Å². The first-order valence-electron chi connectivity index (χ1n) is 10.5. The maximum atomic E-state index is 5.36. The van der Waals surface area contributed by atoms with E-state index in [1.54, 1.807) is 7.11 Å². The summed E-state index contributed by atoms with van der Waals surface area (Å²) < 4.78 is 7.63. The highest BCUT2D eigenvalue weighted by Crippen LogP contribution is 2.33. The highest BCUT2D eigenvalue weighted by Gasteiger charge is 2.18. The molecule has 29 heavy (non-hydrogen) atoms. The molecule has 3 heterocycles. The molecule has 3 rings (SSSR count). The molecule has 1 N–H and O–H groups in total. The van der Waals surface area contributed by atoms with Gasteiger partial charge in [-0.3, -0.25) is 0 Å². The molecule has 0 radical (unpaired) electrons. The molecule has 5 heteroatoms. The van der Waals surface area contributed by atoms with Crippen LogP contribution in [0.2, 0.25) is 0 Å². The number of hydrogen-bond donors (Lipinski definition) is 1. The summed E-state index contributed by atoms with van der Waals surface area (Å²) in [5.41, 5.74) is 7.65. The van der Waals surface area contributed by atoms with Crippen LogP contribution in [0.3, 0.4) is 0 Å². The van der Waals surface area contributed by atoms with Crippen LogP contribution in [0, 0.1) is 13.8 Å². The van der Waals surface area contributed by atoms with Crippen LogP contribution in [-0.4, -0.2) is 34.3 Å². The van der Waals surface area contributed by atoms with E-state index < -0.39 is 0 Å². The first-order chi connectivity index (χ1) is 13.7. The van der Waals surface area contributed by atoms with E-state index in [0.717, 1.165) is 39.4 Å². The predicted octanol–water partition coefficient (Wildman–Crippen LogP) is 5.87. The molecule has 3 aromatic heterocycles. The first-order valence-corrected chi connectivity index (χ1v) is 10.5. The van der Waals surface area contributed by atoms with E-state index in [1.165, 1.54) is 5.56 Å². The van der Waals surface area contributed by atoms with E-state index in [1.807, 2.05) is 0 Å². The quantitative estimate of drug-likeness (QED) is 0.545. The zero-order valence-corrected chi connectivity index (χ0v) is 19.0. The number of fused-ring (bicyclic) bond motifs is 1. The third-order valence-electron chi connectivity index (χ3n) is 5.25. The molecule has 0 aliphatic rings. The van der Waals surface area contributed by atoms with Gasteiger partial charge >= 0.3 is 0 Å². The Morgan fingerprint density at radius 2 is 1.76 bits per heavy atom. The van der Waals surface area contributed by atoms with Gasteiger partial charge < -0.3 is 14.6 Å². The SMILES string of the molecule is COCC(C)n1cc(C)c2nc(-c3ccc(C(C)C)nc3NC(C)C)c(C)cc21. The molecular formula is C24H34N4O. The standard InChI is InChI=1S/C24H34N4O/c1-14(2)20-10-9-19(24(26-20)25-15(3)4)22-16(5)11-21-23(27-22)17(6)12-28(21)18(7)13-29-8/h9-12,14-15,18H,13H2,1-8H3,(H,25,26). The smallest absolute Gasteiger partial charge is 0.135 e. The number of rotatable bonds is 7. The van der Waals surface area contributed by atoms with Gasteiger partial charge in [-0.15, -0.1) is 0 Å². The number of methoxy groups -OCH3 is 1. The molecule has 156 valence electrons. The summed E-state index contributed by atoms with van der Waals surface area (Å²) in [5, 5.41) is 3.52. The zero-order valence-electron chi connectivity index (χ0n) is 19.0. The fraction of sp³-hybridized carbons (Fsp3) is 0.500. The predicted molar refractivity (Wildman–Crippen MR) is 122 cm³/mol. The third kappa shape index (κ3) is 4.30. The van der Waals surface area contributed by atoms with Gasteiger partial charge in [-0.1, -0.05) is 13.8 Å². The Morgan fingerprint density at radius 1 is 1.03 bits per heavy atom. The minimum atomic E-state index is 0.258. The number of aromatic nitrogens is 3. The van der Waals surface area contributed by atoms with Crippen molar-refractivity contribution in [1.82, 2.24) is 14.5 Å². The average Bonchev–Trinajstić information content (AvgIpc) is 2.96. The first kappa shape index (κ1) is 21.3. The number of nitrogens with one attached hydrogen (secondary N) is 1. The molecule has 0 aliphatic heterocycles. The van der Waals surface area contributed by atoms with Crippen molar-refractivity contribution in [3.63, 3.8) is 0 Å². The number of pyridine rings is 2. The maximum Gasteiger partial charge on any atom is 0.135 e. The van der Waals surface area contributed by atoms with Crippen LogP contribution in [0.1, 0.15) is 63.4 Å². The maximum absolute atomic E-state index is 5.36. The molecule has 0 aliphatic carbocycles. The average molecular weight is 395 g/mol.